The normalized spacial score (nSPS) is 13.6. The predicted octanol–water partition coefficient (Wildman–Crippen LogP) is 4.27. The fraction of sp³-hybridized carbons (Fsp3) is 0.421. The van der Waals surface area contributed by atoms with Gasteiger partial charge >= 0.3 is 0 Å². The summed E-state index contributed by atoms with van der Waals surface area (Å²) in [6, 6.07) is 11.9. The molecule has 0 unspecified atom stereocenters. The lowest BCUT2D eigenvalue weighted by atomic mass is 10.1. The summed E-state index contributed by atoms with van der Waals surface area (Å²) in [5, 5.41) is 3.70. The van der Waals surface area contributed by atoms with Gasteiger partial charge in [-0.1, -0.05) is 55.9 Å². The topological polar surface area (TPSA) is 54.9 Å². The second kappa shape index (κ2) is 8.29. The third-order valence-electron chi connectivity index (χ3n) is 3.69. The number of carbonyl (C=O) groups is 1. The molecular formula is C19H25N3OS. The lowest BCUT2D eigenvalue weighted by Gasteiger charge is -2.18. The zero-order chi connectivity index (χ0) is 17.7. The van der Waals surface area contributed by atoms with E-state index in [2.05, 4.69) is 29.1 Å². The molecule has 0 aliphatic rings. The monoisotopic (exact) mass is 343 g/mol. The number of hydrogen-bond donors (Lipinski definition) is 1. The fourth-order valence-electron chi connectivity index (χ4n) is 2.27. The minimum absolute atomic E-state index is 0.0127. The van der Waals surface area contributed by atoms with Crippen LogP contribution in [0.2, 0.25) is 0 Å². The predicted molar refractivity (Wildman–Crippen MR) is 99.2 cm³/mol. The van der Waals surface area contributed by atoms with Gasteiger partial charge in [0.05, 0.1) is 11.3 Å². The van der Waals surface area contributed by atoms with Gasteiger partial charge in [0.25, 0.3) is 0 Å². The van der Waals surface area contributed by atoms with Gasteiger partial charge in [0.2, 0.25) is 5.91 Å². The Labute approximate surface area is 148 Å². The highest BCUT2D eigenvalue weighted by molar-refractivity contribution is 8.00. The summed E-state index contributed by atoms with van der Waals surface area (Å²) in [4.78, 5) is 21.5. The van der Waals surface area contributed by atoms with E-state index in [1.807, 2.05) is 57.2 Å². The summed E-state index contributed by atoms with van der Waals surface area (Å²) < 4.78 is 0. The maximum Gasteiger partial charge on any atom is 0.233 e. The van der Waals surface area contributed by atoms with E-state index in [0.717, 1.165) is 22.1 Å². The molecule has 24 heavy (non-hydrogen) atoms. The van der Waals surface area contributed by atoms with E-state index in [1.54, 1.807) is 0 Å². The largest absolute Gasteiger partial charge is 0.349 e. The first-order valence-electron chi connectivity index (χ1n) is 8.24. The molecule has 128 valence electrons. The number of nitrogens with one attached hydrogen (secondary N) is 1. The summed E-state index contributed by atoms with van der Waals surface area (Å²) in [5.74, 6) is 1.10. The minimum Gasteiger partial charge on any atom is -0.349 e. The van der Waals surface area contributed by atoms with Crippen molar-refractivity contribution in [3.63, 3.8) is 0 Å². The van der Waals surface area contributed by atoms with Crippen molar-refractivity contribution in [2.24, 2.45) is 0 Å². The molecule has 1 aromatic heterocycles. The van der Waals surface area contributed by atoms with Gasteiger partial charge in [0, 0.05) is 11.6 Å². The lowest BCUT2D eigenvalue weighted by molar-refractivity contribution is -0.120. The van der Waals surface area contributed by atoms with Gasteiger partial charge in [-0.2, -0.15) is 0 Å². The summed E-state index contributed by atoms with van der Waals surface area (Å²) in [6.45, 7) is 10.0. The van der Waals surface area contributed by atoms with Crippen LogP contribution in [0.5, 0.6) is 0 Å². The number of carbonyl (C=O) groups excluding carboxylic acids is 1. The molecule has 1 N–H and O–H groups in total. The molecule has 2 atom stereocenters. The van der Waals surface area contributed by atoms with E-state index in [4.69, 9.17) is 0 Å². The minimum atomic E-state index is -0.217. The molecule has 0 aliphatic heterocycles. The average Bonchev–Trinajstić information content (AvgIpc) is 2.54. The van der Waals surface area contributed by atoms with E-state index < -0.39 is 0 Å². The zero-order valence-corrected chi connectivity index (χ0v) is 15.7. The molecule has 0 saturated carbocycles. The van der Waals surface area contributed by atoms with Crippen molar-refractivity contribution in [2.75, 3.05) is 0 Å². The van der Waals surface area contributed by atoms with Gasteiger partial charge in [-0.3, -0.25) is 4.79 Å². The Hall–Kier alpha value is -1.88. The number of amides is 1. The highest BCUT2D eigenvalue weighted by Crippen LogP contribution is 2.24. The van der Waals surface area contributed by atoms with Crippen LogP contribution in [0.15, 0.2) is 41.4 Å². The molecule has 0 fully saturated rings. The first kappa shape index (κ1) is 18.5. The molecule has 5 heteroatoms. The van der Waals surface area contributed by atoms with Crippen molar-refractivity contribution in [3.8, 4) is 0 Å². The molecular weight excluding hydrogens is 318 g/mol. The number of aryl methyl sites for hydroxylation is 1. The standard InChI is InChI=1S/C19H25N3OS/c1-12(2)18-20-13(3)11-17(22-18)24-15(5)19(23)21-14(4)16-9-7-6-8-10-16/h6-12,14-15H,1-5H3,(H,21,23)/t14-,15-/m0/s1. The van der Waals surface area contributed by atoms with Gasteiger partial charge in [0.1, 0.15) is 10.9 Å². The molecule has 0 saturated heterocycles. The maximum atomic E-state index is 12.5. The maximum absolute atomic E-state index is 12.5. The van der Waals surface area contributed by atoms with Crippen LogP contribution < -0.4 is 5.32 Å². The first-order chi connectivity index (χ1) is 11.4. The smallest absolute Gasteiger partial charge is 0.233 e. The number of hydrogen-bond acceptors (Lipinski definition) is 4. The number of nitrogens with zero attached hydrogens (tertiary/aromatic N) is 2. The molecule has 2 rings (SSSR count). The van der Waals surface area contributed by atoms with Crippen molar-refractivity contribution in [3.05, 3.63) is 53.5 Å². The van der Waals surface area contributed by atoms with Crippen LogP contribution in [0.25, 0.3) is 0 Å². The molecule has 0 spiro atoms. The van der Waals surface area contributed by atoms with Gasteiger partial charge in [-0.05, 0) is 32.4 Å². The number of thioether (sulfide) groups is 1. The van der Waals surface area contributed by atoms with Crippen LogP contribution in [0.4, 0.5) is 0 Å². The molecule has 0 radical (unpaired) electrons. The van der Waals surface area contributed by atoms with E-state index in [0.29, 0.717) is 0 Å². The van der Waals surface area contributed by atoms with E-state index in [-0.39, 0.29) is 23.1 Å². The summed E-state index contributed by atoms with van der Waals surface area (Å²) in [7, 11) is 0. The van der Waals surface area contributed by atoms with E-state index in [1.165, 1.54) is 11.8 Å². The van der Waals surface area contributed by atoms with Crippen LogP contribution in [0.1, 0.15) is 56.7 Å². The third kappa shape index (κ3) is 5.06. The summed E-state index contributed by atoms with van der Waals surface area (Å²) >= 11 is 1.47. The Morgan fingerprint density at radius 2 is 1.75 bits per heavy atom. The van der Waals surface area contributed by atoms with Crippen molar-refractivity contribution in [1.29, 1.82) is 0 Å². The third-order valence-corrected chi connectivity index (χ3v) is 4.71. The molecule has 0 bridgehead atoms. The Bertz CT molecular complexity index is 688. The Kier molecular flexibility index (Phi) is 6.37. The van der Waals surface area contributed by atoms with Crippen molar-refractivity contribution >= 4 is 17.7 Å². The Balaban J connectivity index is 2.01. The average molecular weight is 343 g/mol. The highest BCUT2D eigenvalue weighted by atomic mass is 32.2. The van der Waals surface area contributed by atoms with Crippen LogP contribution in [0.3, 0.4) is 0 Å². The van der Waals surface area contributed by atoms with Crippen molar-refractivity contribution in [1.82, 2.24) is 15.3 Å². The van der Waals surface area contributed by atoms with Gasteiger partial charge in [-0.15, -0.1) is 0 Å². The summed E-state index contributed by atoms with van der Waals surface area (Å²) in [5.41, 5.74) is 2.03. The van der Waals surface area contributed by atoms with Crippen LogP contribution in [-0.4, -0.2) is 21.1 Å². The molecule has 1 amide bonds. The molecule has 1 heterocycles. The molecule has 4 nitrogen and oxygen atoms in total. The second-order valence-corrected chi connectivity index (χ2v) is 7.62. The highest BCUT2D eigenvalue weighted by Gasteiger charge is 2.18. The Morgan fingerprint density at radius 3 is 2.38 bits per heavy atom. The number of rotatable bonds is 6. The number of benzene rings is 1. The fourth-order valence-corrected chi connectivity index (χ4v) is 3.19. The second-order valence-electron chi connectivity index (χ2n) is 6.26. The number of aromatic nitrogens is 2. The van der Waals surface area contributed by atoms with Gasteiger partial charge < -0.3 is 5.32 Å². The van der Waals surface area contributed by atoms with Crippen molar-refractivity contribution in [2.45, 2.75) is 56.9 Å². The zero-order valence-electron chi connectivity index (χ0n) is 14.9. The van der Waals surface area contributed by atoms with Gasteiger partial charge in [-0.25, -0.2) is 9.97 Å². The summed E-state index contributed by atoms with van der Waals surface area (Å²) in [6.07, 6.45) is 0. The lowest BCUT2D eigenvalue weighted by Crippen LogP contribution is -2.33. The van der Waals surface area contributed by atoms with Crippen LogP contribution in [0, 0.1) is 6.92 Å². The van der Waals surface area contributed by atoms with E-state index in [9.17, 15) is 4.79 Å². The van der Waals surface area contributed by atoms with Crippen molar-refractivity contribution < 1.29 is 4.79 Å². The van der Waals surface area contributed by atoms with Gasteiger partial charge in [0.15, 0.2) is 0 Å². The van der Waals surface area contributed by atoms with E-state index >= 15 is 0 Å². The SMILES string of the molecule is Cc1cc(S[C@@H](C)C(=O)N[C@@H](C)c2ccccc2)nc(C(C)C)n1. The molecule has 1 aromatic carbocycles. The quantitative estimate of drug-likeness (QED) is 0.629. The van der Waals surface area contributed by atoms with Crippen LogP contribution >= 0.6 is 11.8 Å². The molecule has 0 aliphatic carbocycles. The Morgan fingerprint density at radius 1 is 1.08 bits per heavy atom. The first-order valence-corrected chi connectivity index (χ1v) is 9.12. The van der Waals surface area contributed by atoms with Crippen LogP contribution in [-0.2, 0) is 4.79 Å². The molecule has 2 aromatic rings.